The Morgan fingerprint density at radius 2 is 1.79 bits per heavy atom. The number of anilines is 1. The molecule has 2 aliphatic carbocycles. The van der Waals surface area contributed by atoms with Crippen LogP contribution in [0.4, 0.5) is 5.82 Å². The molecule has 1 aliphatic heterocycles. The molecule has 5 nitrogen and oxygen atoms in total. The second-order valence-corrected chi connectivity index (χ2v) is 10.8. The monoisotopic (exact) mass is 440 g/mol. The highest BCUT2D eigenvalue weighted by molar-refractivity contribution is 5.90. The molecular formula is C28H32N4O. The van der Waals surface area contributed by atoms with E-state index in [0.717, 1.165) is 28.5 Å². The number of aromatic nitrogens is 3. The number of hydrogen-bond acceptors (Lipinski definition) is 3. The zero-order valence-electron chi connectivity index (χ0n) is 20.1. The fourth-order valence-electron chi connectivity index (χ4n) is 6.21. The molecule has 3 heterocycles. The Kier molecular flexibility index (Phi) is 4.33. The number of nitrogens with one attached hydrogen (secondary N) is 1. The number of nitrogens with zero attached hydrogens (tertiary/aromatic N) is 3. The van der Waals surface area contributed by atoms with E-state index in [2.05, 4.69) is 68.8 Å². The van der Waals surface area contributed by atoms with E-state index in [9.17, 15) is 4.79 Å². The molecule has 0 bridgehead atoms. The van der Waals surface area contributed by atoms with E-state index in [4.69, 9.17) is 5.10 Å². The van der Waals surface area contributed by atoms with Crippen molar-refractivity contribution in [3.63, 3.8) is 0 Å². The topological polar surface area (TPSA) is 51.9 Å². The smallest absolute Gasteiger partial charge is 0.143 e. The molecule has 1 saturated carbocycles. The average Bonchev–Trinajstić information content (AvgIpc) is 3.47. The van der Waals surface area contributed by atoms with Crippen molar-refractivity contribution in [1.29, 1.82) is 0 Å². The van der Waals surface area contributed by atoms with Gasteiger partial charge < -0.3 is 9.88 Å². The Labute approximate surface area is 195 Å². The standard InChI is InChI=1S/C28H32N4O/c1-16-13-21(18(3)31(16)19-11-12-19)25-24-17(2)30-32(20-9-7-6-8-10-20)27(24)29-22-14-28(4,5)15-23(33)26(22)25/h6-10,13-14,19,25-26,29H,11-12,15H2,1-5H3/t25-,26+/m0/s1. The molecule has 0 unspecified atom stereocenters. The molecule has 170 valence electrons. The first kappa shape index (κ1) is 20.5. The lowest BCUT2D eigenvalue weighted by molar-refractivity contribution is -0.124. The first-order valence-electron chi connectivity index (χ1n) is 12.1. The summed E-state index contributed by atoms with van der Waals surface area (Å²) in [6, 6.07) is 13.2. The summed E-state index contributed by atoms with van der Waals surface area (Å²) in [5.41, 5.74) is 7.92. The molecule has 0 spiro atoms. The average molecular weight is 441 g/mol. The number of carbonyl (C=O) groups excluding carboxylic acids is 1. The highest BCUT2D eigenvalue weighted by atomic mass is 16.1. The number of Topliss-reactive ketones (excluding diaryl/α,β-unsaturated/α-hetero) is 1. The van der Waals surface area contributed by atoms with Crippen LogP contribution in [0.3, 0.4) is 0 Å². The van der Waals surface area contributed by atoms with Crippen LogP contribution in [-0.2, 0) is 4.79 Å². The van der Waals surface area contributed by atoms with Crippen LogP contribution >= 0.6 is 0 Å². The van der Waals surface area contributed by atoms with Gasteiger partial charge in [0.2, 0.25) is 0 Å². The molecule has 1 aromatic carbocycles. The van der Waals surface area contributed by atoms with E-state index in [-0.39, 0.29) is 17.3 Å². The van der Waals surface area contributed by atoms with Gasteiger partial charge in [0.15, 0.2) is 0 Å². The lowest BCUT2D eigenvalue weighted by Gasteiger charge is -2.40. The fraction of sp³-hybridized carbons (Fsp3) is 0.429. The minimum Gasteiger partial charge on any atom is -0.346 e. The van der Waals surface area contributed by atoms with Crippen LogP contribution in [0.25, 0.3) is 5.69 Å². The van der Waals surface area contributed by atoms with E-state index >= 15 is 0 Å². The van der Waals surface area contributed by atoms with Crippen molar-refractivity contribution < 1.29 is 4.79 Å². The van der Waals surface area contributed by atoms with Crippen molar-refractivity contribution in [3.8, 4) is 5.69 Å². The van der Waals surface area contributed by atoms with E-state index in [1.54, 1.807) is 0 Å². The van der Waals surface area contributed by atoms with Crippen molar-refractivity contribution >= 4 is 11.6 Å². The maximum atomic E-state index is 13.7. The van der Waals surface area contributed by atoms with Crippen LogP contribution in [0, 0.1) is 32.1 Å². The number of benzene rings is 1. The van der Waals surface area contributed by atoms with Gasteiger partial charge >= 0.3 is 0 Å². The van der Waals surface area contributed by atoms with E-state index < -0.39 is 0 Å². The second kappa shape index (κ2) is 6.96. The Morgan fingerprint density at radius 3 is 2.48 bits per heavy atom. The molecule has 6 rings (SSSR count). The Hall–Kier alpha value is -3.08. The largest absolute Gasteiger partial charge is 0.346 e. The van der Waals surface area contributed by atoms with Crippen molar-refractivity contribution in [2.75, 3.05) is 5.32 Å². The lowest BCUT2D eigenvalue weighted by Crippen LogP contribution is -2.39. The molecule has 1 N–H and O–H groups in total. The molecule has 0 saturated heterocycles. The lowest BCUT2D eigenvalue weighted by atomic mass is 9.67. The van der Waals surface area contributed by atoms with Gasteiger partial charge in [0.05, 0.1) is 17.3 Å². The van der Waals surface area contributed by atoms with Crippen LogP contribution in [0.1, 0.15) is 73.3 Å². The molecule has 0 amide bonds. The number of rotatable bonds is 3. The number of fused-ring (bicyclic) bond motifs is 2. The van der Waals surface area contributed by atoms with Gasteiger partial charge in [0, 0.05) is 41.0 Å². The summed E-state index contributed by atoms with van der Waals surface area (Å²) in [6.07, 6.45) is 5.36. The predicted molar refractivity (Wildman–Crippen MR) is 131 cm³/mol. The number of allylic oxidation sites excluding steroid dienone is 2. The van der Waals surface area contributed by atoms with Gasteiger partial charge in [-0.1, -0.05) is 38.1 Å². The van der Waals surface area contributed by atoms with Gasteiger partial charge in [-0.3, -0.25) is 4.79 Å². The van der Waals surface area contributed by atoms with Crippen molar-refractivity contribution in [2.45, 2.75) is 65.8 Å². The van der Waals surface area contributed by atoms with Crippen LogP contribution in [0.15, 0.2) is 48.2 Å². The number of aryl methyl sites for hydroxylation is 2. The minimum absolute atomic E-state index is 0.0211. The van der Waals surface area contributed by atoms with Crippen LogP contribution in [-0.4, -0.2) is 20.1 Å². The molecular weight excluding hydrogens is 408 g/mol. The molecule has 0 radical (unpaired) electrons. The van der Waals surface area contributed by atoms with Crippen LogP contribution in [0.2, 0.25) is 0 Å². The minimum atomic E-state index is -0.189. The SMILES string of the molecule is Cc1nn(-c2ccccc2)c2c1[C@H](c1cc(C)n(C3CC3)c1C)[C@H]1C(=O)CC(C)(C)C=C1N2. The summed E-state index contributed by atoms with van der Waals surface area (Å²) in [7, 11) is 0. The predicted octanol–water partition coefficient (Wildman–Crippen LogP) is 5.99. The third kappa shape index (κ3) is 3.12. The van der Waals surface area contributed by atoms with Gasteiger partial charge in [-0.05, 0) is 62.8 Å². The summed E-state index contributed by atoms with van der Waals surface area (Å²) in [6.45, 7) is 10.8. The summed E-state index contributed by atoms with van der Waals surface area (Å²) < 4.78 is 4.51. The molecule has 3 aliphatic rings. The summed E-state index contributed by atoms with van der Waals surface area (Å²) in [4.78, 5) is 13.7. The van der Waals surface area contributed by atoms with E-state index in [1.807, 2.05) is 22.9 Å². The molecule has 2 aromatic heterocycles. The van der Waals surface area contributed by atoms with Crippen molar-refractivity contribution in [2.24, 2.45) is 11.3 Å². The summed E-state index contributed by atoms with van der Waals surface area (Å²) >= 11 is 0. The fourth-order valence-corrected chi connectivity index (χ4v) is 6.21. The van der Waals surface area contributed by atoms with E-state index in [1.165, 1.54) is 29.8 Å². The first-order valence-corrected chi connectivity index (χ1v) is 12.1. The van der Waals surface area contributed by atoms with Gasteiger partial charge in [0.25, 0.3) is 0 Å². The molecule has 5 heteroatoms. The first-order chi connectivity index (χ1) is 15.7. The summed E-state index contributed by atoms with van der Waals surface area (Å²) in [5.74, 6) is 1.11. The van der Waals surface area contributed by atoms with Crippen molar-refractivity contribution in [1.82, 2.24) is 14.3 Å². The number of ketones is 1. The Balaban J connectivity index is 1.61. The van der Waals surface area contributed by atoms with E-state index in [0.29, 0.717) is 18.2 Å². The molecule has 3 aromatic rings. The summed E-state index contributed by atoms with van der Waals surface area (Å²) in [5, 5.41) is 8.66. The third-order valence-corrected chi connectivity index (χ3v) is 7.64. The maximum absolute atomic E-state index is 13.7. The second-order valence-electron chi connectivity index (χ2n) is 10.8. The number of hydrogen-bond donors (Lipinski definition) is 1. The highest BCUT2D eigenvalue weighted by Gasteiger charge is 2.47. The zero-order chi connectivity index (χ0) is 23.1. The highest BCUT2D eigenvalue weighted by Crippen LogP contribution is 2.52. The molecule has 2 atom stereocenters. The maximum Gasteiger partial charge on any atom is 0.143 e. The van der Waals surface area contributed by atoms with Gasteiger partial charge in [-0.25, -0.2) is 4.68 Å². The Bertz CT molecular complexity index is 1300. The van der Waals surface area contributed by atoms with Crippen LogP contribution in [0.5, 0.6) is 0 Å². The van der Waals surface area contributed by atoms with Gasteiger partial charge in [-0.15, -0.1) is 0 Å². The third-order valence-electron chi connectivity index (χ3n) is 7.64. The zero-order valence-corrected chi connectivity index (χ0v) is 20.1. The van der Waals surface area contributed by atoms with Crippen LogP contribution < -0.4 is 5.32 Å². The molecule has 33 heavy (non-hydrogen) atoms. The number of para-hydroxylation sites is 1. The number of carbonyl (C=O) groups is 1. The molecule has 1 fully saturated rings. The van der Waals surface area contributed by atoms with Gasteiger partial charge in [-0.2, -0.15) is 5.10 Å². The quantitative estimate of drug-likeness (QED) is 0.544. The van der Waals surface area contributed by atoms with Crippen molar-refractivity contribution in [3.05, 3.63) is 76.4 Å². The van der Waals surface area contributed by atoms with Gasteiger partial charge in [0.1, 0.15) is 11.6 Å². The normalized spacial score (nSPS) is 23.5. The Morgan fingerprint density at radius 1 is 1.06 bits per heavy atom.